The Morgan fingerprint density at radius 3 is 2.00 bits per heavy atom. The van der Waals surface area contributed by atoms with Crippen LogP contribution in [0.1, 0.15) is 32.6 Å². The van der Waals surface area contributed by atoms with Crippen LogP contribution in [0.3, 0.4) is 0 Å². The fourth-order valence-electron chi connectivity index (χ4n) is 2.87. The van der Waals surface area contributed by atoms with Crippen molar-refractivity contribution in [3.63, 3.8) is 0 Å². The lowest BCUT2D eigenvalue weighted by Gasteiger charge is -2.31. The number of ether oxygens (including phenoxy) is 4. The molecule has 1 heterocycles. The van der Waals surface area contributed by atoms with E-state index in [1.807, 2.05) is 18.2 Å². The van der Waals surface area contributed by atoms with E-state index >= 15 is 0 Å². The van der Waals surface area contributed by atoms with Gasteiger partial charge in [-0.15, -0.1) is 0 Å². The predicted molar refractivity (Wildman–Crippen MR) is 106 cm³/mol. The van der Waals surface area contributed by atoms with Gasteiger partial charge in [0, 0.05) is 12.8 Å². The summed E-state index contributed by atoms with van der Waals surface area (Å²) in [7, 11) is 0. The maximum absolute atomic E-state index is 12.7. The van der Waals surface area contributed by atoms with Crippen LogP contribution in [0.5, 0.6) is 5.75 Å². The number of hydrogen-bond acceptors (Lipinski definition) is 7. The molecule has 0 fully saturated rings. The maximum Gasteiger partial charge on any atom is 0.323 e. The summed E-state index contributed by atoms with van der Waals surface area (Å²) in [6, 6.07) is 14.4. The highest BCUT2D eigenvalue weighted by atomic mass is 16.6. The zero-order valence-corrected chi connectivity index (χ0v) is 16.9. The van der Waals surface area contributed by atoms with Crippen molar-refractivity contribution < 1.29 is 28.5 Å². The molecule has 7 nitrogen and oxygen atoms in total. The Morgan fingerprint density at radius 1 is 0.862 bits per heavy atom. The first-order valence-electron chi connectivity index (χ1n) is 9.69. The Balaban J connectivity index is 2.49. The van der Waals surface area contributed by atoms with Gasteiger partial charge in [0.25, 0.3) is 0 Å². The molecule has 7 heteroatoms. The average Bonchev–Trinajstić information content (AvgIpc) is 2.73. The van der Waals surface area contributed by atoms with Crippen molar-refractivity contribution in [1.82, 2.24) is 4.98 Å². The first-order chi connectivity index (χ1) is 14.1. The van der Waals surface area contributed by atoms with E-state index in [0.29, 0.717) is 11.4 Å². The molecule has 29 heavy (non-hydrogen) atoms. The standard InChI is InChI=1S/C22H27NO6/c1-4-26-20(18(21(24)27-5-2)22(25)28-6-3)19(17-14-10-11-15-23-17)29-16-12-8-7-9-13-16/h7-15,18-20H,4-6H2,1-3H3. The van der Waals surface area contributed by atoms with Gasteiger partial charge >= 0.3 is 11.9 Å². The highest BCUT2D eigenvalue weighted by molar-refractivity contribution is 5.95. The molecule has 2 rings (SSSR count). The smallest absolute Gasteiger partial charge is 0.323 e. The van der Waals surface area contributed by atoms with E-state index in [4.69, 9.17) is 18.9 Å². The molecule has 0 aliphatic carbocycles. The van der Waals surface area contributed by atoms with Crippen molar-refractivity contribution in [3.8, 4) is 5.75 Å². The van der Waals surface area contributed by atoms with Gasteiger partial charge in [-0.2, -0.15) is 0 Å². The minimum Gasteiger partial charge on any atom is -0.481 e. The molecule has 1 aromatic carbocycles. The van der Waals surface area contributed by atoms with Crippen LogP contribution in [0.25, 0.3) is 0 Å². The van der Waals surface area contributed by atoms with E-state index in [-0.39, 0.29) is 19.8 Å². The van der Waals surface area contributed by atoms with Crippen LogP contribution >= 0.6 is 0 Å². The topological polar surface area (TPSA) is 84.0 Å². The molecule has 0 radical (unpaired) electrons. The summed E-state index contributed by atoms with van der Waals surface area (Å²) in [4.78, 5) is 29.7. The SMILES string of the molecule is CCOC(=O)C(C(=O)OCC)C(OCC)C(Oc1ccccc1)c1ccccn1. The molecule has 156 valence electrons. The third kappa shape index (κ3) is 6.29. The normalized spacial score (nSPS) is 12.8. The molecule has 2 unspecified atom stereocenters. The van der Waals surface area contributed by atoms with Crippen LogP contribution < -0.4 is 4.74 Å². The number of carbonyl (C=O) groups excluding carboxylic acids is 2. The summed E-state index contributed by atoms with van der Waals surface area (Å²) in [5, 5.41) is 0. The van der Waals surface area contributed by atoms with Crippen LogP contribution in [-0.2, 0) is 23.8 Å². The van der Waals surface area contributed by atoms with Gasteiger partial charge < -0.3 is 18.9 Å². The fourth-order valence-corrected chi connectivity index (χ4v) is 2.87. The molecule has 0 N–H and O–H groups in total. The quantitative estimate of drug-likeness (QED) is 0.422. The van der Waals surface area contributed by atoms with Gasteiger partial charge in [-0.3, -0.25) is 14.6 Å². The minimum atomic E-state index is -1.31. The molecule has 0 saturated carbocycles. The van der Waals surface area contributed by atoms with E-state index in [1.54, 1.807) is 57.3 Å². The molecule has 0 aliphatic heterocycles. The van der Waals surface area contributed by atoms with Gasteiger partial charge in [0.2, 0.25) is 0 Å². The second-order valence-corrected chi connectivity index (χ2v) is 6.01. The average molecular weight is 401 g/mol. The maximum atomic E-state index is 12.7. The van der Waals surface area contributed by atoms with Crippen LogP contribution in [0.15, 0.2) is 54.7 Å². The van der Waals surface area contributed by atoms with Crippen molar-refractivity contribution >= 4 is 11.9 Å². The first kappa shape index (κ1) is 22.4. The minimum absolute atomic E-state index is 0.126. The molecule has 1 aromatic heterocycles. The Morgan fingerprint density at radius 2 is 1.48 bits per heavy atom. The second kappa shape index (κ2) is 11.8. The predicted octanol–water partition coefficient (Wildman–Crippen LogP) is 3.35. The largest absolute Gasteiger partial charge is 0.481 e. The van der Waals surface area contributed by atoms with Crippen LogP contribution in [0.2, 0.25) is 0 Å². The number of pyridine rings is 1. The zero-order valence-electron chi connectivity index (χ0n) is 16.9. The van der Waals surface area contributed by atoms with Gasteiger partial charge in [-0.25, -0.2) is 0 Å². The molecule has 2 aromatic rings. The third-order valence-corrected chi connectivity index (χ3v) is 4.05. The summed E-state index contributed by atoms with van der Waals surface area (Å²) >= 11 is 0. The van der Waals surface area contributed by atoms with E-state index in [9.17, 15) is 9.59 Å². The second-order valence-electron chi connectivity index (χ2n) is 6.01. The van der Waals surface area contributed by atoms with Crippen LogP contribution in [-0.4, -0.2) is 42.8 Å². The fraction of sp³-hybridized carbons (Fsp3) is 0.409. The number of rotatable bonds is 11. The number of para-hydroxylation sites is 1. The third-order valence-electron chi connectivity index (χ3n) is 4.05. The van der Waals surface area contributed by atoms with Crippen molar-refractivity contribution in [2.75, 3.05) is 19.8 Å². The van der Waals surface area contributed by atoms with E-state index in [1.165, 1.54) is 0 Å². The number of nitrogens with zero attached hydrogens (tertiary/aromatic N) is 1. The molecule has 0 aliphatic rings. The number of benzene rings is 1. The molecule has 2 atom stereocenters. The van der Waals surface area contributed by atoms with E-state index in [0.717, 1.165) is 0 Å². The lowest BCUT2D eigenvalue weighted by molar-refractivity contribution is -0.174. The Kier molecular flexibility index (Phi) is 9.11. The molecular formula is C22H27NO6. The first-order valence-corrected chi connectivity index (χ1v) is 9.69. The molecule has 0 amide bonds. The van der Waals surface area contributed by atoms with Crippen LogP contribution in [0.4, 0.5) is 0 Å². The summed E-state index contributed by atoms with van der Waals surface area (Å²) in [6.45, 7) is 5.63. The van der Waals surface area contributed by atoms with E-state index in [2.05, 4.69) is 4.98 Å². The number of esters is 2. The summed E-state index contributed by atoms with van der Waals surface area (Å²) < 4.78 is 22.3. The van der Waals surface area contributed by atoms with Crippen molar-refractivity contribution in [3.05, 3.63) is 60.4 Å². The van der Waals surface area contributed by atoms with Crippen molar-refractivity contribution in [1.29, 1.82) is 0 Å². The lowest BCUT2D eigenvalue weighted by Crippen LogP contribution is -2.44. The number of hydrogen-bond donors (Lipinski definition) is 0. The molecule has 0 bridgehead atoms. The summed E-state index contributed by atoms with van der Waals surface area (Å²) in [5.41, 5.74) is 0.522. The molecule has 0 spiro atoms. The number of carbonyl (C=O) groups is 2. The lowest BCUT2D eigenvalue weighted by atomic mass is 9.95. The van der Waals surface area contributed by atoms with Crippen molar-refractivity contribution in [2.24, 2.45) is 5.92 Å². The molecule has 0 saturated heterocycles. The van der Waals surface area contributed by atoms with Crippen LogP contribution in [0, 0.1) is 5.92 Å². The van der Waals surface area contributed by atoms with Gasteiger partial charge in [0.1, 0.15) is 11.9 Å². The van der Waals surface area contributed by atoms with Gasteiger partial charge in [0.15, 0.2) is 12.0 Å². The Bertz CT molecular complexity index is 734. The Hall–Kier alpha value is -2.93. The van der Waals surface area contributed by atoms with Gasteiger partial charge in [0.05, 0.1) is 18.9 Å². The van der Waals surface area contributed by atoms with Crippen molar-refractivity contribution in [2.45, 2.75) is 33.0 Å². The number of aromatic nitrogens is 1. The summed E-state index contributed by atoms with van der Waals surface area (Å²) in [5.74, 6) is -2.20. The highest BCUT2D eigenvalue weighted by Gasteiger charge is 2.44. The highest BCUT2D eigenvalue weighted by Crippen LogP contribution is 2.31. The van der Waals surface area contributed by atoms with E-state index < -0.39 is 30.1 Å². The Labute approximate surface area is 170 Å². The molecular weight excluding hydrogens is 374 g/mol. The summed E-state index contributed by atoms with van der Waals surface area (Å²) in [6.07, 6.45) is -0.214. The zero-order chi connectivity index (χ0) is 21.1. The van der Waals surface area contributed by atoms with Gasteiger partial charge in [-0.05, 0) is 45.0 Å². The van der Waals surface area contributed by atoms with Gasteiger partial charge in [-0.1, -0.05) is 24.3 Å². The monoisotopic (exact) mass is 401 g/mol.